The molecule has 0 saturated carbocycles. The summed E-state index contributed by atoms with van der Waals surface area (Å²) in [6, 6.07) is 83.3. The zero-order valence-electron chi connectivity index (χ0n) is 54.2. The van der Waals surface area contributed by atoms with Crippen LogP contribution in [0, 0.1) is 27.7 Å². The lowest BCUT2D eigenvalue weighted by atomic mass is 9.73. The van der Waals surface area contributed by atoms with E-state index >= 15 is 0 Å². The van der Waals surface area contributed by atoms with Gasteiger partial charge in [-0.15, -0.1) is 0 Å². The SMILES string of the molecule is Cc1cc(C)cc(C2(C)c3cc(C)ccc3-c3ccc(-c4cc(-c5cc(-c6ccc(C(C)(C)C)cc6)cc(-c6ccc(C(C)(C)C)cc6)c5)c5cc(C)cc(-c6cc(-c7ccc(C(C)(C)C)cc7)cc(-c7ccc(C(C)(C)C)cc7)c6)c5c4)cc32)c1. The monoisotopic (exact) mass is 1120 g/mol. The van der Waals surface area contributed by atoms with E-state index in [1.165, 1.54) is 161 Å². The third-order valence-corrected chi connectivity index (χ3v) is 18.7. The zero-order valence-corrected chi connectivity index (χ0v) is 54.2. The van der Waals surface area contributed by atoms with Gasteiger partial charge in [0.15, 0.2) is 0 Å². The minimum Gasteiger partial charge on any atom is -0.0587 e. The molecule has 0 fully saturated rings. The first-order valence-corrected chi connectivity index (χ1v) is 31.3. The minimum atomic E-state index is -0.368. The second-order valence-corrected chi connectivity index (χ2v) is 29.6. The third kappa shape index (κ3) is 11.0. The summed E-state index contributed by atoms with van der Waals surface area (Å²) in [4.78, 5) is 0. The van der Waals surface area contributed by atoms with Crippen molar-refractivity contribution in [3.63, 3.8) is 0 Å². The van der Waals surface area contributed by atoms with Crippen LogP contribution >= 0.6 is 0 Å². The summed E-state index contributed by atoms with van der Waals surface area (Å²) in [5.41, 5.74) is 33.8. The van der Waals surface area contributed by atoms with E-state index in [0.717, 1.165) is 0 Å². The lowest BCUT2D eigenvalue weighted by molar-refractivity contribution is 0.590. The van der Waals surface area contributed by atoms with Crippen molar-refractivity contribution in [1.29, 1.82) is 0 Å². The molecule has 0 N–H and O–H groups in total. The first-order chi connectivity index (χ1) is 40.6. The van der Waals surface area contributed by atoms with E-state index in [2.05, 4.69) is 330 Å². The van der Waals surface area contributed by atoms with E-state index in [9.17, 15) is 0 Å². The van der Waals surface area contributed by atoms with E-state index in [1.807, 2.05) is 0 Å². The van der Waals surface area contributed by atoms with E-state index in [4.69, 9.17) is 0 Å². The number of benzene rings is 11. The van der Waals surface area contributed by atoms with Crippen LogP contribution in [0.3, 0.4) is 0 Å². The van der Waals surface area contributed by atoms with Gasteiger partial charge in [-0.2, -0.15) is 0 Å². The molecule has 0 heterocycles. The smallest absolute Gasteiger partial charge is 0.0436 e. The van der Waals surface area contributed by atoms with Gasteiger partial charge in [-0.25, -0.2) is 0 Å². The molecule has 0 aromatic heterocycles. The molecule has 0 aliphatic heterocycles. The van der Waals surface area contributed by atoms with Crippen LogP contribution in [0.1, 0.15) is 151 Å². The van der Waals surface area contributed by atoms with Crippen molar-refractivity contribution in [3.05, 3.63) is 274 Å². The van der Waals surface area contributed by atoms with Crippen LogP contribution < -0.4 is 0 Å². The van der Waals surface area contributed by atoms with Gasteiger partial charge in [-0.1, -0.05) is 258 Å². The molecule has 0 heteroatoms. The van der Waals surface area contributed by atoms with Crippen LogP contribution in [0.15, 0.2) is 212 Å². The highest BCUT2D eigenvalue weighted by molar-refractivity contribution is 6.09. The Morgan fingerprint density at radius 2 is 0.535 bits per heavy atom. The molecule has 12 rings (SSSR count). The van der Waals surface area contributed by atoms with Gasteiger partial charge in [0.1, 0.15) is 0 Å². The molecule has 0 saturated heterocycles. The molecule has 0 bridgehead atoms. The van der Waals surface area contributed by atoms with E-state index in [-0.39, 0.29) is 27.1 Å². The Morgan fingerprint density at radius 1 is 0.221 bits per heavy atom. The molecule has 430 valence electrons. The fourth-order valence-electron chi connectivity index (χ4n) is 13.5. The standard InChI is InChI=1S/C86H86/c1-53-18-36-74-75-37-27-61(52-81(75)86(17,80(74)43-53)73-39-54(2)38-55(3)40-73)66-50-77(68-48-64(59-23-32-71(33-24-59)84(11,12)13)45-65(49-68)60-25-34-72(35-26-60)85(14,15)16)78-42-56(4)41-76(79(78)51-66)67-46-62(57-19-28-69(29-20-57)82(5,6)7)44-63(47-67)58-21-30-70(31-22-58)83(8,9)10/h18-52H,1-17H3. The average molecular weight is 1120 g/mol. The van der Waals surface area contributed by atoms with Gasteiger partial charge < -0.3 is 0 Å². The third-order valence-electron chi connectivity index (χ3n) is 18.7. The molecule has 0 nitrogen and oxygen atoms in total. The predicted octanol–water partition coefficient (Wildman–Crippen LogP) is 24.3. The molecule has 1 aliphatic rings. The van der Waals surface area contributed by atoms with Crippen molar-refractivity contribution >= 4 is 10.8 Å². The molecule has 11 aromatic carbocycles. The van der Waals surface area contributed by atoms with Crippen molar-refractivity contribution in [1.82, 2.24) is 0 Å². The van der Waals surface area contributed by atoms with Crippen molar-refractivity contribution < 1.29 is 0 Å². The van der Waals surface area contributed by atoms with Crippen molar-refractivity contribution in [2.75, 3.05) is 0 Å². The summed E-state index contributed by atoms with van der Waals surface area (Å²) < 4.78 is 0. The van der Waals surface area contributed by atoms with Crippen molar-refractivity contribution in [2.24, 2.45) is 0 Å². The lowest BCUT2D eigenvalue weighted by Gasteiger charge is -2.30. The molecular weight excluding hydrogens is 1030 g/mol. The maximum Gasteiger partial charge on any atom is 0.0436 e. The number of hydrogen-bond donors (Lipinski definition) is 0. The first-order valence-electron chi connectivity index (χ1n) is 31.3. The zero-order chi connectivity index (χ0) is 61.0. The van der Waals surface area contributed by atoms with Crippen LogP contribution in [0.25, 0.3) is 99.8 Å². The van der Waals surface area contributed by atoms with E-state index < -0.39 is 0 Å². The average Bonchev–Trinajstić information content (AvgIpc) is 1.53. The maximum atomic E-state index is 2.54. The van der Waals surface area contributed by atoms with E-state index in [0.29, 0.717) is 0 Å². The first kappa shape index (κ1) is 58.1. The molecule has 1 unspecified atom stereocenters. The molecule has 0 spiro atoms. The number of rotatable bonds is 8. The molecule has 1 atom stereocenters. The quantitative estimate of drug-likeness (QED) is 0.142. The van der Waals surface area contributed by atoms with Crippen LogP contribution in [0.5, 0.6) is 0 Å². The number of fused-ring (bicyclic) bond motifs is 4. The van der Waals surface area contributed by atoms with Gasteiger partial charge in [0.25, 0.3) is 0 Å². The van der Waals surface area contributed by atoms with Gasteiger partial charge in [0.2, 0.25) is 0 Å². The highest BCUT2D eigenvalue weighted by Gasteiger charge is 2.41. The number of aryl methyl sites for hydroxylation is 4. The largest absolute Gasteiger partial charge is 0.0587 e. The maximum absolute atomic E-state index is 2.54. The normalized spacial score (nSPS) is 14.4. The Labute approximate surface area is 515 Å². The fraction of sp³-hybridized carbons (Fsp3) is 0.256. The topological polar surface area (TPSA) is 0 Å². The molecule has 86 heavy (non-hydrogen) atoms. The second kappa shape index (κ2) is 21.3. The van der Waals surface area contributed by atoms with Crippen LogP contribution in [-0.4, -0.2) is 0 Å². The summed E-state index contributed by atoms with van der Waals surface area (Å²) in [5.74, 6) is 0. The highest BCUT2D eigenvalue weighted by atomic mass is 14.4. The van der Waals surface area contributed by atoms with Gasteiger partial charge in [-0.05, 0) is 255 Å². The summed E-state index contributed by atoms with van der Waals surface area (Å²) in [5, 5.41) is 2.46. The molecule has 1 aliphatic carbocycles. The minimum absolute atomic E-state index is 0.0407. The predicted molar refractivity (Wildman–Crippen MR) is 373 cm³/mol. The van der Waals surface area contributed by atoms with Gasteiger partial charge in [-0.3, -0.25) is 0 Å². The summed E-state index contributed by atoms with van der Waals surface area (Å²) >= 11 is 0. The Bertz CT molecular complexity index is 4240. The second-order valence-electron chi connectivity index (χ2n) is 29.6. The fourth-order valence-corrected chi connectivity index (χ4v) is 13.5. The van der Waals surface area contributed by atoms with Crippen LogP contribution in [-0.2, 0) is 27.1 Å². The van der Waals surface area contributed by atoms with Gasteiger partial charge >= 0.3 is 0 Å². The molecule has 0 amide bonds. The Morgan fingerprint density at radius 3 is 0.930 bits per heavy atom. The Hall–Kier alpha value is -8.32. The lowest BCUT2D eigenvalue weighted by Crippen LogP contribution is -2.23. The van der Waals surface area contributed by atoms with Crippen molar-refractivity contribution in [2.45, 2.75) is 145 Å². The van der Waals surface area contributed by atoms with Gasteiger partial charge in [0.05, 0.1) is 0 Å². The van der Waals surface area contributed by atoms with Gasteiger partial charge in [0, 0.05) is 5.41 Å². The van der Waals surface area contributed by atoms with Crippen LogP contribution in [0.4, 0.5) is 0 Å². The molecular formula is C86H86. The molecule has 11 aromatic rings. The summed E-state index contributed by atoms with van der Waals surface area (Å²) in [7, 11) is 0. The van der Waals surface area contributed by atoms with Crippen LogP contribution in [0.2, 0.25) is 0 Å². The molecule has 0 radical (unpaired) electrons. The Balaban J connectivity index is 1.15. The number of hydrogen-bond acceptors (Lipinski definition) is 0. The summed E-state index contributed by atoms with van der Waals surface area (Å²) in [6.07, 6.45) is 0. The Kier molecular flexibility index (Phi) is 14.4. The van der Waals surface area contributed by atoms with Crippen molar-refractivity contribution in [3.8, 4) is 89.0 Å². The van der Waals surface area contributed by atoms with E-state index in [1.54, 1.807) is 0 Å². The highest BCUT2D eigenvalue weighted by Crippen LogP contribution is 2.54. The summed E-state index contributed by atoms with van der Waals surface area (Å²) in [6.45, 7) is 39.0.